The second-order valence-corrected chi connectivity index (χ2v) is 3.20. The van der Waals surface area contributed by atoms with E-state index in [2.05, 4.69) is 9.99 Å². The van der Waals surface area contributed by atoms with Gasteiger partial charge in [-0.15, -0.1) is 0 Å². The first-order valence-corrected chi connectivity index (χ1v) is 4.33. The molecule has 2 N–H and O–H groups in total. The molecule has 72 valence electrons. The average molecular weight is 182 g/mol. The lowest BCUT2D eigenvalue weighted by Gasteiger charge is -2.10. The number of carbonyl (C=O) groups excluding carboxylic acids is 1. The van der Waals surface area contributed by atoms with Crippen molar-refractivity contribution in [1.29, 1.82) is 0 Å². The van der Waals surface area contributed by atoms with Crippen molar-refractivity contribution >= 4 is 11.7 Å². The van der Waals surface area contributed by atoms with Crippen LogP contribution in [0.15, 0.2) is 16.4 Å². The molecule has 0 amide bonds. The summed E-state index contributed by atoms with van der Waals surface area (Å²) in [6.45, 7) is 5.71. The van der Waals surface area contributed by atoms with E-state index in [1.54, 1.807) is 6.92 Å². The van der Waals surface area contributed by atoms with Gasteiger partial charge >= 0.3 is 5.97 Å². The summed E-state index contributed by atoms with van der Waals surface area (Å²) in [5.74, 6) is -0.249. The van der Waals surface area contributed by atoms with Crippen molar-refractivity contribution in [2.45, 2.75) is 27.2 Å². The first kappa shape index (κ1) is 9.77. The van der Waals surface area contributed by atoms with Crippen molar-refractivity contribution in [3.05, 3.63) is 11.3 Å². The molecule has 13 heavy (non-hydrogen) atoms. The number of rotatable bonds is 2. The summed E-state index contributed by atoms with van der Waals surface area (Å²) in [4.78, 5) is 15.7. The standard InChI is InChI=1S/C9H14N2O2/c1-4-5(2)8(10)7-6(3)11-13-9(7)12/h5H,4,10H2,1-3H3. The number of oxime groups is 1. The second kappa shape index (κ2) is 3.60. The molecule has 1 unspecified atom stereocenters. The van der Waals surface area contributed by atoms with Gasteiger partial charge in [-0.1, -0.05) is 19.0 Å². The van der Waals surface area contributed by atoms with E-state index in [-0.39, 0.29) is 5.92 Å². The van der Waals surface area contributed by atoms with Crippen molar-refractivity contribution in [2.24, 2.45) is 16.8 Å². The van der Waals surface area contributed by atoms with Crippen molar-refractivity contribution < 1.29 is 9.63 Å². The topological polar surface area (TPSA) is 64.7 Å². The summed E-state index contributed by atoms with van der Waals surface area (Å²) in [6, 6.07) is 0. The van der Waals surface area contributed by atoms with E-state index in [4.69, 9.17) is 5.73 Å². The Hall–Kier alpha value is -1.32. The van der Waals surface area contributed by atoms with Crippen LogP contribution in [0.3, 0.4) is 0 Å². The van der Waals surface area contributed by atoms with Gasteiger partial charge in [0.2, 0.25) is 0 Å². The minimum absolute atomic E-state index is 0.186. The highest BCUT2D eigenvalue weighted by atomic mass is 16.7. The molecule has 1 rings (SSSR count). The summed E-state index contributed by atoms with van der Waals surface area (Å²) < 4.78 is 0. The summed E-state index contributed by atoms with van der Waals surface area (Å²) >= 11 is 0. The van der Waals surface area contributed by atoms with Gasteiger partial charge in [0.25, 0.3) is 0 Å². The second-order valence-electron chi connectivity index (χ2n) is 3.20. The van der Waals surface area contributed by atoms with Crippen molar-refractivity contribution in [3.8, 4) is 0 Å². The number of hydrogen-bond donors (Lipinski definition) is 1. The van der Waals surface area contributed by atoms with Crippen LogP contribution in [0.1, 0.15) is 27.2 Å². The van der Waals surface area contributed by atoms with E-state index < -0.39 is 5.97 Å². The molecule has 0 radical (unpaired) electrons. The molecule has 4 nitrogen and oxygen atoms in total. The molecule has 0 aromatic heterocycles. The summed E-state index contributed by atoms with van der Waals surface area (Å²) in [7, 11) is 0. The average Bonchev–Trinajstić information content (AvgIpc) is 2.44. The maximum Gasteiger partial charge on any atom is 0.369 e. The van der Waals surface area contributed by atoms with Gasteiger partial charge in [-0.2, -0.15) is 0 Å². The van der Waals surface area contributed by atoms with Gasteiger partial charge in [0.15, 0.2) is 0 Å². The van der Waals surface area contributed by atoms with Gasteiger partial charge < -0.3 is 10.6 Å². The van der Waals surface area contributed by atoms with E-state index >= 15 is 0 Å². The fourth-order valence-corrected chi connectivity index (χ4v) is 1.14. The Morgan fingerprint density at radius 1 is 1.69 bits per heavy atom. The Kier molecular flexibility index (Phi) is 2.70. The maximum absolute atomic E-state index is 11.2. The molecule has 0 fully saturated rings. The lowest BCUT2D eigenvalue weighted by Crippen LogP contribution is -2.17. The molecule has 1 atom stereocenters. The highest BCUT2D eigenvalue weighted by Gasteiger charge is 2.26. The molecule has 1 aliphatic heterocycles. The van der Waals surface area contributed by atoms with Gasteiger partial charge in [-0.25, -0.2) is 4.79 Å². The molecule has 0 spiro atoms. The smallest absolute Gasteiger partial charge is 0.369 e. The van der Waals surface area contributed by atoms with Gasteiger partial charge in [-0.05, 0) is 19.3 Å². The van der Waals surface area contributed by atoms with Crippen LogP contribution in [0.2, 0.25) is 0 Å². The fourth-order valence-electron chi connectivity index (χ4n) is 1.14. The molecule has 0 aliphatic carbocycles. The SMILES string of the molecule is CCC(C)C(N)=C1C(=O)ON=C1C. The number of hydrogen-bond acceptors (Lipinski definition) is 4. The van der Waals surface area contributed by atoms with Gasteiger partial charge in [0.1, 0.15) is 5.57 Å². The molecular formula is C9H14N2O2. The fraction of sp³-hybridized carbons (Fsp3) is 0.556. The molecule has 4 heteroatoms. The third-order valence-corrected chi connectivity index (χ3v) is 2.26. The van der Waals surface area contributed by atoms with Crippen LogP contribution in [0.25, 0.3) is 0 Å². The third kappa shape index (κ3) is 1.71. The highest BCUT2D eigenvalue weighted by Crippen LogP contribution is 2.19. The van der Waals surface area contributed by atoms with Crippen LogP contribution in [0, 0.1) is 5.92 Å². The Balaban J connectivity index is 3.02. The number of allylic oxidation sites excluding steroid dienone is 1. The van der Waals surface area contributed by atoms with Crippen molar-refractivity contribution in [3.63, 3.8) is 0 Å². The van der Waals surface area contributed by atoms with Crippen LogP contribution in [-0.4, -0.2) is 11.7 Å². The summed E-state index contributed by atoms with van der Waals surface area (Å²) in [5.41, 5.74) is 7.40. The summed E-state index contributed by atoms with van der Waals surface area (Å²) in [6.07, 6.45) is 0.899. The van der Waals surface area contributed by atoms with E-state index in [1.165, 1.54) is 0 Å². The normalized spacial score (nSPS) is 22.4. The molecule has 0 saturated heterocycles. The van der Waals surface area contributed by atoms with Crippen molar-refractivity contribution in [2.75, 3.05) is 0 Å². The number of carbonyl (C=O) groups is 1. The van der Waals surface area contributed by atoms with E-state index in [0.29, 0.717) is 17.0 Å². The first-order chi connectivity index (χ1) is 6.07. The lowest BCUT2D eigenvalue weighted by molar-refractivity contribution is -0.136. The van der Waals surface area contributed by atoms with Gasteiger partial charge in [0, 0.05) is 5.70 Å². The molecule has 0 aromatic carbocycles. The molecule has 1 heterocycles. The molecule has 0 aromatic rings. The molecule has 1 aliphatic rings. The molecule has 0 saturated carbocycles. The first-order valence-electron chi connectivity index (χ1n) is 4.33. The lowest BCUT2D eigenvalue weighted by atomic mass is 9.98. The van der Waals surface area contributed by atoms with Crippen LogP contribution < -0.4 is 5.73 Å². The summed E-state index contributed by atoms with van der Waals surface area (Å²) in [5, 5.41) is 3.57. The third-order valence-electron chi connectivity index (χ3n) is 2.26. The van der Waals surface area contributed by atoms with Crippen LogP contribution >= 0.6 is 0 Å². The van der Waals surface area contributed by atoms with Crippen LogP contribution in [0.5, 0.6) is 0 Å². The quantitative estimate of drug-likeness (QED) is 0.515. The zero-order chi connectivity index (χ0) is 10.0. The zero-order valence-electron chi connectivity index (χ0n) is 8.13. The van der Waals surface area contributed by atoms with Crippen LogP contribution in [-0.2, 0) is 9.63 Å². The largest absolute Gasteiger partial charge is 0.401 e. The number of nitrogens with two attached hydrogens (primary N) is 1. The highest BCUT2D eigenvalue weighted by molar-refractivity contribution is 6.21. The Morgan fingerprint density at radius 3 is 2.69 bits per heavy atom. The molecule has 0 bridgehead atoms. The predicted molar refractivity (Wildman–Crippen MR) is 49.9 cm³/mol. The van der Waals surface area contributed by atoms with E-state index in [0.717, 1.165) is 6.42 Å². The maximum atomic E-state index is 11.2. The van der Waals surface area contributed by atoms with E-state index in [9.17, 15) is 4.79 Å². The van der Waals surface area contributed by atoms with Crippen LogP contribution in [0.4, 0.5) is 0 Å². The minimum atomic E-state index is -0.435. The Bertz CT molecular complexity index is 292. The van der Waals surface area contributed by atoms with Gasteiger partial charge in [-0.3, -0.25) is 0 Å². The predicted octanol–water partition coefficient (Wildman–Crippen LogP) is 1.18. The monoisotopic (exact) mass is 182 g/mol. The molecular weight excluding hydrogens is 168 g/mol. The van der Waals surface area contributed by atoms with Gasteiger partial charge in [0.05, 0.1) is 5.71 Å². The van der Waals surface area contributed by atoms with Crippen molar-refractivity contribution in [1.82, 2.24) is 0 Å². The van der Waals surface area contributed by atoms with E-state index in [1.807, 2.05) is 13.8 Å². The number of nitrogens with zero attached hydrogens (tertiary/aromatic N) is 1. The zero-order valence-corrected chi connectivity index (χ0v) is 8.13. The Labute approximate surface area is 77.4 Å². The Morgan fingerprint density at radius 2 is 2.31 bits per heavy atom. The minimum Gasteiger partial charge on any atom is -0.401 e.